The fourth-order valence-corrected chi connectivity index (χ4v) is 4.54. The number of likely N-dealkylation sites (tertiary alicyclic amines) is 1. The second kappa shape index (κ2) is 6.22. The zero-order chi connectivity index (χ0) is 17.4. The number of hydrogen-bond donors (Lipinski definition) is 2. The van der Waals surface area contributed by atoms with Gasteiger partial charge >= 0.3 is 0 Å². The summed E-state index contributed by atoms with van der Waals surface area (Å²) >= 11 is 0. The van der Waals surface area contributed by atoms with Crippen LogP contribution in [0.5, 0.6) is 0 Å². The van der Waals surface area contributed by atoms with Crippen LogP contribution in [0, 0.1) is 11.8 Å². The molecule has 0 spiro atoms. The average Bonchev–Trinajstić information content (AvgIpc) is 3.31. The molecular weight excluding hydrogens is 318 g/mol. The first-order valence-electron chi connectivity index (χ1n) is 8.97. The van der Waals surface area contributed by atoms with E-state index in [0.717, 1.165) is 25.7 Å². The minimum absolute atomic E-state index is 0.0201. The molecule has 2 aliphatic rings. The number of aromatic amines is 1. The lowest BCUT2D eigenvalue weighted by Crippen LogP contribution is -2.44. The van der Waals surface area contributed by atoms with Gasteiger partial charge in [-0.1, -0.05) is 31.5 Å². The number of H-pyrrole nitrogens is 1. The smallest absolute Gasteiger partial charge is 0.254 e. The van der Waals surface area contributed by atoms with E-state index in [0.29, 0.717) is 36.0 Å². The molecule has 4 rings (SSSR count). The molecule has 1 saturated carbocycles. The van der Waals surface area contributed by atoms with Crippen LogP contribution in [-0.4, -0.2) is 55.2 Å². The first-order chi connectivity index (χ1) is 12.1. The molecule has 2 heterocycles. The molecule has 1 aliphatic carbocycles. The molecule has 25 heavy (non-hydrogen) atoms. The van der Waals surface area contributed by atoms with Gasteiger partial charge in [-0.3, -0.25) is 4.79 Å². The summed E-state index contributed by atoms with van der Waals surface area (Å²) in [4.78, 5) is 15.1. The Balaban J connectivity index is 1.61. The van der Waals surface area contributed by atoms with Crippen molar-refractivity contribution in [3.63, 3.8) is 0 Å². The zero-order valence-corrected chi connectivity index (χ0v) is 14.4. The summed E-state index contributed by atoms with van der Waals surface area (Å²) in [6.07, 6.45) is 3.71. The van der Waals surface area contributed by atoms with Crippen LogP contribution in [0.1, 0.15) is 43.0 Å². The number of carbonyl (C=O) groups excluding carboxylic acids is 1. The van der Waals surface area contributed by atoms with Crippen molar-refractivity contribution in [1.82, 2.24) is 25.5 Å². The Kier molecular flexibility index (Phi) is 4.03. The van der Waals surface area contributed by atoms with Crippen molar-refractivity contribution in [2.24, 2.45) is 11.8 Å². The number of aromatic nitrogens is 4. The summed E-state index contributed by atoms with van der Waals surface area (Å²) in [6.45, 7) is 3.37. The van der Waals surface area contributed by atoms with Crippen LogP contribution >= 0.6 is 0 Å². The molecule has 1 aliphatic heterocycles. The van der Waals surface area contributed by atoms with Gasteiger partial charge in [0.05, 0.1) is 11.2 Å². The maximum atomic E-state index is 13.2. The van der Waals surface area contributed by atoms with E-state index in [1.165, 1.54) is 0 Å². The minimum Gasteiger partial charge on any atom is -0.390 e. The molecule has 1 aromatic carbocycles. The van der Waals surface area contributed by atoms with Crippen LogP contribution in [0.4, 0.5) is 0 Å². The number of carbonyl (C=O) groups is 1. The number of amides is 1. The van der Waals surface area contributed by atoms with E-state index in [4.69, 9.17) is 0 Å². The minimum atomic E-state index is -0.634. The van der Waals surface area contributed by atoms with Gasteiger partial charge in [-0.05, 0) is 36.5 Å². The van der Waals surface area contributed by atoms with Crippen molar-refractivity contribution in [3.05, 3.63) is 29.8 Å². The average molecular weight is 341 g/mol. The third-order valence-corrected chi connectivity index (χ3v) is 5.96. The number of benzene rings is 1. The summed E-state index contributed by atoms with van der Waals surface area (Å²) in [5.74, 6) is 0.964. The van der Waals surface area contributed by atoms with Gasteiger partial charge < -0.3 is 10.0 Å². The number of nitrogens with zero attached hydrogens (tertiary/aromatic N) is 4. The predicted molar refractivity (Wildman–Crippen MR) is 91.6 cm³/mol. The summed E-state index contributed by atoms with van der Waals surface area (Å²) in [5, 5.41) is 25.0. The molecular formula is C18H23N5O2. The number of rotatable bonds is 3. The lowest BCUT2D eigenvalue weighted by atomic mass is 9.69. The number of aliphatic hydroxyl groups is 1. The van der Waals surface area contributed by atoms with Crippen LogP contribution in [0.3, 0.4) is 0 Å². The maximum absolute atomic E-state index is 13.2. The number of nitrogens with one attached hydrogen (secondary N) is 1. The molecule has 0 radical (unpaired) electrons. The Morgan fingerprint density at radius 3 is 3.00 bits per heavy atom. The fourth-order valence-electron chi connectivity index (χ4n) is 4.54. The second-order valence-electron chi connectivity index (χ2n) is 7.21. The van der Waals surface area contributed by atoms with E-state index in [9.17, 15) is 9.90 Å². The van der Waals surface area contributed by atoms with Gasteiger partial charge in [0.25, 0.3) is 5.91 Å². The lowest BCUT2D eigenvalue weighted by molar-refractivity contribution is -0.0609. The van der Waals surface area contributed by atoms with E-state index in [-0.39, 0.29) is 11.8 Å². The highest BCUT2D eigenvalue weighted by Gasteiger charge is 2.48. The molecule has 0 unspecified atom stereocenters. The van der Waals surface area contributed by atoms with Crippen LogP contribution in [-0.2, 0) is 0 Å². The molecule has 2 N–H and O–H groups in total. The van der Waals surface area contributed by atoms with Crippen LogP contribution in [0.15, 0.2) is 24.3 Å². The van der Waals surface area contributed by atoms with E-state index in [1.807, 2.05) is 36.1 Å². The van der Waals surface area contributed by atoms with Crippen molar-refractivity contribution in [1.29, 1.82) is 0 Å². The summed E-state index contributed by atoms with van der Waals surface area (Å²) in [6, 6.07) is 7.36. The quantitative estimate of drug-likeness (QED) is 0.889. The summed E-state index contributed by atoms with van der Waals surface area (Å²) in [5.41, 5.74) is 0.634. The van der Waals surface area contributed by atoms with E-state index in [1.54, 1.807) is 0 Å². The normalized spacial score (nSPS) is 28.8. The highest BCUT2D eigenvalue weighted by atomic mass is 16.3. The molecule has 1 amide bonds. The summed E-state index contributed by atoms with van der Waals surface area (Å²) < 4.78 is 0. The highest BCUT2D eigenvalue weighted by molar-refractivity contribution is 6.00. The molecule has 2 aromatic rings. The fraction of sp³-hybridized carbons (Fsp3) is 0.556. The number of fused-ring (bicyclic) bond motifs is 1. The van der Waals surface area contributed by atoms with Crippen molar-refractivity contribution in [3.8, 4) is 11.4 Å². The topological polar surface area (TPSA) is 95.0 Å². The second-order valence-corrected chi connectivity index (χ2v) is 7.21. The third kappa shape index (κ3) is 2.72. The molecule has 132 valence electrons. The standard InChI is InChI=1S/C18H23N5O2/c1-2-18(25)9-5-6-12-10-23(11-15(12)18)17(24)14-8-4-3-7-13(14)16-19-21-22-20-16/h3-4,7-8,12,15,25H,2,5-6,9-11H2,1H3,(H,19,20,21,22)/t12-,15+,18-/m1/s1. The third-order valence-electron chi connectivity index (χ3n) is 5.96. The highest BCUT2D eigenvalue weighted by Crippen LogP contribution is 2.44. The van der Waals surface area contributed by atoms with Gasteiger partial charge in [0.1, 0.15) is 0 Å². The van der Waals surface area contributed by atoms with Gasteiger partial charge in [-0.25, -0.2) is 0 Å². The van der Waals surface area contributed by atoms with Crippen molar-refractivity contribution in [2.45, 2.75) is 38.2 Å². The molecule has 0 bridgehead atoms. The first-order valence-corrected chi connectivity index (χ1v) is 8.97. The lowest BCUT2D eigenvalue weighted by Gasteiger charge is -2.40. The van der Waals surface area contributed by atoms with Crippen LogP contribution in [0.2, 0.25) is 0 Å². The van der Waals surface area contributed by atoms with Gasteiger partial charge in [-0.2, -0.15) is 5.21 Å². The SMILES string of the molecule is CC[C@@]1(O)CCC[C@@H]2CN(C(=O)c3ccccc3-c3nn[nH]n3)C[C@@H]21. The maximum Gasteiger partial charge on any atom is 0.254 e. The molecule has 1 aromatic heterocycles. The predicted octanol–water partition coefficient (Wildman–Crippen LogP) is 1.88. The largest absolute Gasteiger partial charge is 0.390 e. The Morgan fingerprint density at radius 1 is 1.40 bits per heavy atom. The number of tetrazole rings is 1. The van der Waals surface area contributed by atoms with Crippen LogP contribution in [0.25, 0.3) is 11.4 Å². The van der Waals surface area contributed by atoms with Crippen LogP contribution < -0.4 is 0 Å². The monoisotopic (exact) mass is 341 g/mol. The van der Waals surface area contributed by atoms with Gasteiger partial charge in [0.2, 0.25) is 5.82 Å². The molecule has 7 heteroatoms. The van der Waals surface area contributed by atoms with Gasteiger partial charge in [0.15, 0.2) is 0 Å². The zero-order valence-electron chi connectivity index (χ0n) is 14.4. The molecule has 2 fully saturated rings. The van der Waals surface area contributed by atoms with E-state index >= 15 is 0 Å². The Hall–Kier alpha value is -2.28. The van der Waals surface area contributed by atoms with Crippen molar-refractivity contribution < 1.29 is 9.90 Å². The Morgan fingerprint density at radius 2 is 2.24 bits per heavy atom. The van der Waals surface area contributed by atoms with Crippen molar-refractivity contribution in [2.75, 3.05) is 13.1 Å². The van der Waals surface area contributed by atoms with Gasteiger partial charge in [-0.15, -0.1) is 10.2 Å². The molecule has 3 atom stereocenters. The molecule has 1 saturated heterocycles. The summed E-state index contributed by atoms with van der Waals surface area (Å²) in [7, 11) is 0. The van der Waals surface area contributed by atoms with Crippen molar-refractivity contribution >= 4 is 5.91 Å². The number of hydrogen-bond acceptors (Lipinski definition) is 5. The Bertz CT molecular complexity index is 763. The Labute approximate surface area is 146 Å². The van der Waals surface area contributed by atoms with Gasteiger partial charge in [0, 0.05) is 24.6 Å². The first kappa shape index (κ1) is 16.2. The molecule has 7 nitrogen and oxygen atoms in total. The van der Waals surface area contributed by atoms with E-state index < -0.39 is 5.60 Å². The van der Waals surface area contributed by atoms with E-state index in [2.05, 4.69) is 20.6 Å².